The van der Waals surface area contributed by atoms with Crippen molar-refractivity contribution in [3.8, 4) is 17.2 Å². The van der Waals surface area contributed by atoms with Crippen molar-refractivity contribution >= 4 is 5.91 Å². The molecule has 3 heterocycles. The second kappa shape index (κ2) is 7.56. The Morgan fingerprint density at radius 2 is 1.96 bits per heavy atom. The van der Waals surface area contributed by atoms with E-state index in [1.165, 1.54) is 0 Å². The average Bonchev–Trinajstić information content (AvgIpc) is 3.30. The van der Waals surface area contributed by atoms with Crippen molar-refractivity contribution in [2.24, 2.45) is 0 Å². The van der Waals surface area contributed by atoms with Gasteiger partial charge in [-0.1, -0.05) is 0 Å². The van der Waals surface area contributed by atoms with Crippen LogP contribution < -0.4 is 14.2 Å². The largest absolute Gasteiger partial charge is 0.493 e. The number of methoxy groups -OCH3 is 2. The quantitative estimate of drug-likeness (QED) is 0.757. The minimum absolute atomic E-state index is 0.218. The molecule has 0 radical (unpaired) electrons. The molecule has 0 aromatic heterocycles. The lowest BCUT2D eigenvalue weighted by molar-refractivity contribution is -0.148. The predicted octanol–water partition coefficient (Wildman–Crippen LogP) is 2.03. The molecule has 0 N–H and O–H groups in total. The van der Waals surface area contributed by atoms with Crippen molar-refractivity contribution in [1.29, 1.82) is 0 Å². The van der Waals surface area contributed by atoms with E-state index < -0.39 is 0 Å². The molecule has 3 aliphatic rings. The highest BCUT2D eigenvalue weighted by Crippen LogP contribution is 2.44. The number of likely N-dealkylation sites (tertiary alicyclic amines) is 2. The van der Waals surface area contributed by atoms with Gasteiger partial charge in [-0.3, -0.25) is 9.69 Å². The smallest absolute Gasteiger partial charge is 0.243 e. The zero-order chi connectivity index (χ0) is 18.9. The van der Waals surface area contributed by atoms with Gasteiger partial charge in [0.05, 0.1) is 13.7 Å². The number of nitrogens with zero attached hydrogens (tertiary/aromatic N) is 2. The van der Waals surface area contributed by atoms with Crippen LogP contribution in [0.5, 0.6) is 17.2 Å². The number of ether oxygens (including phenoxy) is 4. The number of benzene rings is 1. The van der Waals surface area contributed by atoms with Crippen molar-refractivity contribution in [3.63, 3.8) is 0 Å². The van der Waals surface area contributed by atoms with E-state index >= 15 is 0 Å². The number of hydrogen-bond acceptors (Lipinski definition) is 6. The Morgan fingerprint density at radius 3 is 2.74 bits per heavy atom. The lowest BCUT2D eigenvalue weighted by atomic mass is 9.85. The molecule has 0 saturated carbocycles. The molecule has 4 rings (SSSR count). The molecule has 2 saturated heterocycles. The molecular weight excluding hydrogens is 348 g/mol. The van der Waals surface area contributed by atoms with Gasteiger partial charge in [0.2, 0.25) is 18.4 Å². The third-order valence-electron chi connectivity index (χ3n) is 5.98. The van der Waals surface area contributed by atoms with Crippen molar-refractivity contribution in [2.75, 3.05) is 47.3 Å². The number of fused-ring (bicyclic) bond motifs is 1. The van der Waals surface area contributed by atoms with Crippen LogP contribution in [-0.4, -0.2) is 68.5 Å². The first kappa shape index (κ1) is 18.4. The second-order valence-corrected chi connectivity index (χ2v) is 7.48. The van der Waals surface area contributed by atoms with Crippen LogP contribution >= 0.6 is 0 Å². The van der Waals surface area contributed by atoms with Crippen LogP contribution in [-0.2, 0) is 16.1 Å². The van der Waals surface area contributed by atoms with E-state index in [9.17, 15) is 4.79 Å². The van der Waals surface area contributed by atoms with Gasteiger partial charge in [0.15, 0.2) is 11.5 Å². The van der Waals surface area contributed by atoms with Crippen molar-refractivity contribution in [3.05, 3.63) is 17.7 Å². The van der Waals surface area contributed by atoms with Crippen molar-refractivity contribution in [2.45, 2.75) is 37.8 Å². The second-order valence-electron chi connectivity index (χ2n) is 7.48. The number of carbonyl (C=O) groups excluding carboxylic acids is 1. The zero-order valence-electron chi connectivity index (χ0n) is 16.2. The highest BCUT2D eigenvalue weighted by Gasteiger charge is 2.50. The zero-order valence-corrected chi connectivity index (χ0v) is 16.2. The molecule has 7 heteroatoms. The summed E-state index contributed by atoms with van der Waals surface area (Å²) in [6, 6.07) is 4.00. The van der Waals surface area contributed by atoms with Crippen LogP contribution in [0.2, 0.25) is 0 Å². The van der Waals surface area contributed by atoms with E-state index in [4.69, 9.17) is 18.9 Å². The van der Waals surface area contributed by atoms with E-state index in [0.717, 1.165) is 44.3 Å². The molecule has 1 unspecified atom stereocenters. The number of piperidine rings is 1. The third kappa shape index (κ3) is 3.23. The van der Waals surface area contributed by atoms with Gasteiger partial charge < -0.3 is 23.8 Å². The summed E-state index contributed by atoms with van der Waals surface area (Å²) in [7, 11) is 3.32. The summed E-state index contributed by atoms with van der Waals surface area (Å²) in [6.45, 7) is 3.94. The Morgan fingerprint density at radius 1 is 1.15 bits per heavy atom. The Bertz CT molecular complexity index is 710. The van der Waals surface area contributed by atoms with Crippen LogP contribution in [0.25, 0.3) is 0 Å². The molecule has 1 aromatic rings. The van der Waals surface area contributed by atoms with E-state index in [0.29, 0.717) is 36.9 Å². The van der Waals surface area contributed by atoms with Gasteiger partial charge in [-0.05, 0) is 49.9 Å². The number of carbonyl (C=O) groups is 1. The van der Waals surface area contributed by atoms with Crippen LogP contribution in [0, 0.1) is 0 Å². The molecule has 0 aliphatic carbocycles. The predicted molar refractivity (Wildman–Crippen MR) is 99.2 cm³/mol. The summed E-state index contributed by atoms with van der Waals surface area (Å²) in [5.41, 5.74) is 0.703. The molecule has 1 amide bonds. The van der Waals surface area contributed by atoms with E-state index in [-0.39, 0.29) is 18.2 Å². The van der Waals surface area contributed by atoms with E-state index in [2.05, 4.69) is 4.90 Å². The first-order valence-corrected chi connectivity index (χ1v) is 9.68. The fourth-order valence-electron chi connectivity index (χ4n) is 4.67. The van der Waals surface area contributed by atoms with Gasteiger partial charge in [0, 0.05) is 26.7 Å². The summed E-state index contributed by atoms with van der Waals surface area (Å²) in [5.74, 6) is 2.33. The molecule has 1 aromatic carbocycles. The van der Waals surface area contributed by atoms with Gasteiger partial charge in [0.25, 0.3) is 0 Å². The third-order valence-corrected chi connectivity index (χ3v) is 5.98. The Hall–Kier alpha value is -1.99. The topological polar surface area (TPSA) is 60.5 Å². The Balaban J connectivity index is 1.56. The maximum absolute atomic E-state index is 13.3. The lowest BCUT2D eigenvalue weighted by Crippen LogP contribution is -2.60. The number of rotatable bonds is 6. The van der Waals surface area contributed by atoms with Gasteiger partial charge in [-0.25, -0.2) is 0 Å². The molecule has 27 heavy (non-hydrogen) atoms. The average molecular weight is 376 g/mol. The van der Waals surface area contributed by atoms with Crippen LogP contribution in [0.4, 0.5) is 0 Å². The monoisotopic (exact) mass is 376 g/mol. The summed E-state index contributed by atoms with van der Waals surface area (Å²) in [6.07, 6.45) is 3.94. The highest BCUT2D eigenvalue weighted by atomic mass is 16.7. The molecule has 3 aliphatic heterocycles. The molecule has 2 fully saturated rings. The maximum Gasteiger partial charge on any atom is 0.243 e. The van der Waals surface area contributed by atoms with Gasteiger partial charge in [-0.2, -0.15) is 0 Å². The SMILES string of the molecule is COCCN1CCCC2(CCCN2Cc2cc(OC)c3c(c2)OCO3)C1=O. The minimum atomic E-state index is -0.379. The van der Waals surface area contributed by atoms with E-state index in [1.807, 2.05) is 17.0 Å². The highest BCUT2D eigenvalue weighted by molar-refractivity contribution is 5.87. The summed E-state index contributed by atoms with van der Waals surface area (Å²) >= 11 is 0. The van der Waals surface area contributed by atoms with Crippen LogP contribution in [0.1, 0.15) is 31.2 Å². The Labute approximate surface area is 160 Å². The first-order chi connectivity index (χ1) is 13.2. The standard InChI is InChI=1S/C20H28N2O5/c1-24-10-9-21-7-3-5-20(19(21)23)6-4-8-22(20)13-15-11-16(25-2)18-17(12-15)26-14-27-18/h11-12H,3-10,13-14H2,1-2H3. The summed E-state index contributed by atoms with van der Waals surface area (Å²) in [4.78, 5) is 17.7. The van der Waals surface area contributed by atoms with Gasteiger partial charge in [0.1, 0.15) is 5.54 Å². The van der Waals surface area contributed by atoms with Crippen molar-refractivity contribution in [1.82, 2.24) is 9.80 Å². The normalized spacial score (nSPS) is 24.8. The van der Waals surface area contributed by atoms with Crippen LogP contribution in [0.15, 0.2) is 12.1 Å². The molecule has 1 spiro atoms. The number of amides is 1. The molecule has 0 bridgehead atoms. The number of hydrogen-bond donors (Lipinski definition) is 0. The molecule has 7 nitrogen and oxygen atoms in total. The van der Waals surface area contributed by atoms with Gasteiger partial charge in [-0.15, -0.1) is 0 Å². The summed E-state index contributed by atoms with van der Waals surface area (Å²) < 4.78 is 21.7. The Kier molecular flexibility index (Phi) is 5.14. The van der Waals surface area contributed by atoms with Crippen molar-refractivity contribution < 1.29 is 23.7 Å². The maximum atomic E-state index is 13.3. The van der Waals surface area contributed by atoms with Gasteiger partial charge >= 0.3 is 0 Å². The molecular formula is C20H28N2O5. The lowest BCUT2D eigenvalue weighted by Gasteiger charge is -2.44. The molecule has 1 atom stereocenters. The molecule has 148 valence electrons. The fourth-order valence-corrected chi connectivity index (χ4v) is 4.67. The summed E-state index contributed by atoms with van der Waals surface area (Å²) in [5, 5.41) is 0. The van der Waals surface area contributed by atoms with E-state index in [1.54, 1.807) is 14.2 Å². The fraction of sp³-hybridized carbons (Fsp3) is 0.650. The van der Waals surface area contributed by atoms with Crippen LogP contribution in [0.3, 0.4) is 0 Å². The minimum Gasteiger partial charge on any atom is -0.493 e. The first-order valence-electron chi connectivity index (χ1n) is 9.68.